The topological polar surface area (TPSA) is 96.3 Å². The maximum Gasteiger partial charge on any atom is 0.522 e. The van der Waals surface area contributed by atoms with E-state index in [1.54, 1.807) is 17.0 Å². The lowest BCUT2D eigenvalue weighted by molar-refractivity contribution is -0.141. The van der Waals surface area contributed by atoms with E-state index < -0.39 is 13.1 Å². The number of likely N-dealkylation sites (tertiary alicyclic amines) is 1. The number of hydrogen-bond acceptors (Lipinski definition) is 5. The van der Waals surface area contributed by atoms with Crippen molar-refractivity contribution in [1.29, 1.82) is 0 Å². The highest BCUT2D eigenvalue weighted by Crippen LogP contribution is 2.37. The summed E-state index contributed by atoms with van der Waals surface area (Å²) in [4.78, 5) is 25.6. The third-order valence-corrected chi connectivity index (χ3v) is 5.51. The maximum atomic E-state index is 12.2. The zero-order chi connectivity index (χ0) is 18.3. The molecule has 2 heterocycles. The minimum atomic E-state index is -1.15. The van der Waals surface area contributed by atoms with Gasteiger partial charge in [-0.25, -0.2) is 4.79 Å². The number of hydrogen-bond donors (Lipinski definition) is 2. The molecule has 1 saturated carbocycles. The lowest BCUT2D eigenvalue weighted by Crippen LogP contribution is -2.56. The largest absolute Gasteiger partial charge is 0.535 e. The maximum absolute atomic E-state index is 12.2. The van der Waals surface area contributed by atoms with E-state index in [0.717, 1.165) is 18.4 Å². The van der Waals surface area contributed by atoms with Gasteiger partial charge in [0, 0.05) is 6.42 Å². The molecule has 4 rings (SSSR count). The average Bonchev–Trinajstić information content (AvgIpc) is 2.52. The molecule has 0 atom stereocenters. The molecule has 0 unspecified atom stereocenters. The van der Waals surface area contributed by atoms with Crippen LogP contribution in [0.25, 0.3) is 0 Å². The second-order valence-electron chi connectivity index (χ2n) is 7.38. The van der Waals surface area contributed by atoms with Crippen molar-refractivity contribution in [2.24, 2.45) is 5.92 Å². The lowest BCUT2D eigenvalue weighted by atomic mass is 9.78. The summed E-state index contributed by atoms with van der Waals surface area (Å²) >= 11 is 0. The Bertz CT molecular complexity index is 729. The van der Waals surface area contributed by atoms with Crippen LogP contribution in [0.15, 0.2) is 12.1 Å². The summed E-state index contributed by atoms with van der Waals surface area (Å²) in [5, 5.41) is 19.3. The molecule has 0 radical (unpaired) electrons. The Kier molecular flexibility index (Phi) is 4.52. The highest BCUT2D eigenvalue weighted by Gasteiger charge is 2.36. The van der Waals surface area contributed by atoms with E-state index in [1.807, 2.05) is 0 Å². The van der Waals surface area contributed by atoms with Crippen molar-refractivity contribution < 1.29 is 29.1 Å². The van der Waals surface area contributed by atoms with Crippen LogP contribution in [0.5, 0.6) is 11.5 Å². The van der Waals surface area contributed by atoms with Gasteiger partial charge in [0.25, 0.3) is 0 Å². The molecule has 1 saturated heterocycles. The first kappa shape index (κ1) is 17.2. The molecule has 1 aliphatic carbocycles. The number of nitrogens with zero attached hydrogens (tertiary/aromatic N) is 1. The molecule has 0 aromatic heterocycles. The monoisotopic (exact) mass is 359 g/mol. The van der Waals surface area contributed by atoms with Gasteiger partial charge in [-0.15, -0.1) is 0 Å². The van der Waals surface area contributed by atoms with Crippen molar-refractivity contribution in [2.45, 2.75) is 44.5 Å². The van der Waals surface area contributed by atoms with Gasteiger partial charge >= 0.3 is 13.1 Å². The molecule has 0 bridgehead atoms. The van der Waals surface area contributed by atoms with Gasteiger partial charge in [0.1, 0.15) is 23.2 Å². The van der Waals surface area contributed by atoms with E-state index in [-0.39, 0.29) is 29.1 Å². The fourth-order valence-electron chi connectivity index (χ4n) is 3.68. The molecule has 2 aliphatic heterocycles. The normalized spacial score (nSPS) is 19.9. The third-order valence-electron chi connectivity index (χ3n) is 5.51. The summed E-state index contributed by atoms with van der Waals surface area (Å²) in [5.41, 5.74) is 0.700. The van der Waals surface area contributed by atoms with Gasteiger partial charge in [0.05, 0.1) is 13.1 Å². The van der Waals surface area contributed by atoms with Crippen molar-refractivity contribution >= 4 is 19.0 Å². The standard InChI is InChI=1S/C18H22BNO6/c21-15(8-11-2-1-3-11)20-9-13(10-20)25-14-5-4-12-6-7-19(24)26-17(12)16(14)18(22)23/h4-5,11,13,24H,1-3,6-10H2,(H,22,23). The fraction of sp³-hybridized carbons (Fsp3) is 0.556. The number of amides is 1. The molecule has 2 N–H and O–H groups in total. The minimum Gasteiger partial charge on any atom is -0.535 e. The highest BCUT2D eigenvalue weighted by molar-refractivity contribution is 6.44. The first-order chi connectivity index (χ1) is 12.5. The molecular formula is C18H22BNO6. The zero-order valence-electron chi connectivity index (χ0n) is 14.5. The number of ether oxygens (including phenoxy) is 1. The number of carboxylic acids is 1. The van der Waals surface area contributed by atoms with E-state index in [1.165, 1.54) is 6.42 Å². The lowest BCUT2D eigenvalue weighted by Gasteiger charge is -2.40. The summed E-state index contributed by atoms with van der Waals surface area (Å²) in [5.74, 6) is -0.0502. The number of rotatable bonds is 5. The van der Waals surface area contributed by atoms with Crippen LogP contribution in [-0.4, -0.2) is 53.2 Å². The molecule has 2 fully saturated rings. The highest BCUT2D eigenvalue weighted by atomic mass is 16.5. The van der Waals surface area contributed by atoms with Crippen molar-refractivity contribution in [3.63, 3.8) is 0 Å². The van der Waals surface area contributed by atoms with Gasteiger partial charge in [0.2, 0.25) is 5.91 Å². The fourth-order valence-corrected chi connectivity index (χ4v) is 3.68. The van der Waals surface area contributed by atoms with E-state index >= 15 is 0 Å². The Morgan fingerprint density at radius 2 is 2.08 bits per heavy atom. The van der Waals surface area contributed by atoms with Gasteiger partial charge in [-0.2, -0.15) is 0 Å². The van der Waals surface area contributed by atoms with E-state index in [9.17, 15) is 19.7 Å². The second kappa shape index (κ2) is 6.83. The summed E-state index contributed by atoms with van der Waals surface area (Å²) in [7, 11) is -1.00. The van der Waals surface area contributed by atoms with Crippen molar-refractivity contribution in [2.75, 3.05) is 13.1 Å². The number of carboxylic acid groups (broad SMARTS) is 1. The Labute approximate surface area is 152 Å². The van der Waals surface area contributed by atoms with Crippen LogP contribution in [0.3, 0.4) is 0 Å². The van der Waals surface area contributed by atoms with Gasteiger partial charge in [-0.05, 0) is 43.1 Å². The van der Waals surface area contributed by atoms with Gasteiger partial charge in [-0.1, -0.05) is 12.5 Å². The Hall–Kier alpha value is -2.22. The van der Waals surface area contributed by atoms with Gasteiger partial charge in [-0.3, -0.25) is 4.79 Å². The SMILES string of the molecule is O=C(O)c1c(OC2CN(C(=O)CC3CCC3)C2)ccc2c1OB(O)CC2. The van der Waals surface area contributed by atoms with Crippen molar-refractivity contribution in [3.8, 4) is 11.5 Å². The van der Waals surface area contributed by atoms with E-state index in [0.29, 0.717) is 38.2 Å². The first-order valence-corrected chi connectivity index (χ1v) is 9.19. The molecule has 7 nitrogen and oxygen atoms in total. The second-order valence-corrected chi connectivity index (χ2v) is 7.38. The Balaban J connectivity index is 1.42. The van der Waals surface area contributed by atoms with Crippen LogP contribution >= 0.6 is 0 Å². The molecule has 1 aromatic carbocycles. The van der Waals surface area contributed by atoms with Crippen molar-refractivity contribution in [3.05, 3.63) is 23.3 Å². The number of carbonyl (C=O) groups is 2. The third kappa shape index (κ3) is 3.25. The average molecular weight is 359 g/mol. The molecule has 8 heteroatoms. The zero-order valence-corrected chi connectivity index (χ0v) is 14.5. The summed E-state index contributed by atoms with van der Waals surface area (Å²) < 4.78 is 11.2. The number of aromatic carboxylic acids is 1. The minimum absolute atomic E-state index is 0.0551. The van der Waals surface area contributed by atoms with Crippen LogP contribution in [0.1, 0.15) is 41.6 Å². The Morgan fingerprint density at radius 1 is 1.31 bits per heavy atom. The predicted octanol–water partition coefficient (Wildman–Crippen LogP) is 1.58. The Morgan fingerprint density at radius 3 is 2.73 bits per heavy atom. The van der Waals surface area contributed by atoms with E-state index in [2.05, 4.69) is 0 Å². The smallest absolute Gasteiger partial charge is 0.522 e. The molecule has 0 spiro atoms. The summed E-state index contributed by atoms with van der Waals surface area (Å²) in [6.07, 6.45) is 4.89. The van der Waals surface area contributed by atoms with E-state index in [4.69, 9.17) is 9.39 Å². The quantitative estimate of drug-likeness (QED) is 0.775. The molecule has 3 aliphatic rings. The van der Waals surface area contributed by atoms with Crippen LogP contribution in [0.4, 0.5) is 0 Å². The van der Waals surface area contributed by atoms with Crippen LogP contribution in [0.2, 0.25) is 6.32 Å². The molecular weight excluding hydrogens is 337 g/mol. The predicted molar refractivity (Wildman–Crippen MR) is 93.5 cm³/mol. The van der Waals surface area contributed by atoms with Crippen LogP contribution in [-0.2, 0) is 11.2 Å². The molecule has 1 amide bonds. The van der Waals surface area contributed by atoms with Gasteiger partial charge < -0.3 is 24.4 Å². The summed E-state index contributed by atoms with van der Waals surface area (Å²) in [6, 6.07) is 3.42. The van der Waals surface area contributed by atoms with Crippen LogP contribution in [0, 0.1) is 5.92 Å². The summed E-state index contributed by atoms with van der Waals surface area (Å²) in [6.45, 7) is 0.955. The number of carbonyl (C=O) groups excluding carboxylic acids is 1. The number of aryl methyl sites for hydroxylation is 1. The molecule has 138 valence electrons. The molecule has 1 aromatic rings. The van der Waals surface area contributed by atoms with Crippen LogP contribution < -0.4 is 9.39 Å². The first-order valence-electron chi connectivity index (χ1n) is 9.19. The number of fused-ring (bicyclic) bond motifs is 1. The molecule has 26 heavy (non-hydrogen) atoms. The van der Waals surface area contributed by atoms with Gasteiger partial charge in [0.15, 0.2) is 0 Å². The van der Waals surface area contributed by atoms with Crippen molar-refractivity contribution in [1.82, 2.24) is 4.90 Å². The number of benzene rings is 1.